The quantitative estimate of drug-likeness (QED) is 0.763. The van der Waals surface area contributed by atoms with Crippen LogP contribution in [-0.4, -0.2) is 21.8 Å². The Morgan fingerprint density at radius 3 is 2.62 bits per heavy atom. The normalized spacial score (nSPS) is 13.9. The second-order valence-electron chi connectivity index (χ2n) is 5.59. The number of benzene rings is 1. The van der Waals surface area contributed by atoms with Crippen LogP contribution < -0.4 is 0 Å². The molecule has 3 nitrogen and oxygen atoms in total. The van der Waals surface area contributed by atoms with Crippen LogP contribution in [0.15, 0.2) is 12.1 Å². The molecular weight excluding hydrogens is 298 g/mol. The van der Waals surface area contributed by atoms with E-state index < -0.39 is 22.6 Å². The van der Waals surface area contributed by atoms with Crippen LogP contribution in [0.1, 0.15) is 38.9 Å². The van der Waals surface area contributed by atoms with E-state index in [0.29, 0.717) is 24.5 Å². The van der Waals surface area contributed by atoms with Crippen LogP contribution in [0.3, 0.4) is 0 Å². The minimum absolute atomic E-state index is 0.130. The Morgan fingerprint density at radius 1 is 1.38 bits per heavy atom. The van der Waals surface area contributed by atoms with Crippen molar-refractivity contribution >= 4 is 22.6 Å². The predicted octanol–water partition coefficient (Wildman–Crippen LogP) is 4.43. The molecule has 0 amide bonds. The maximum absolute atomic E-state index is 14.2. The van der Waals surface area contributed by atoms with E-state index in [1.807, 2.05) is 20.8 Å². The van der Waals surface area contributed by atoms with Crippen LogP contribution in [0.2, 0.25) is 0 Å². The summed E-state index contributed by atoms with van der Waals surface area (Å²) in [6, 6.07) is 2.53. The van der Waals surface area contributed by atoms with Crippen molar-refractivity contribution in [2.75, 3.05) is 6.61 Å². The van der Waals surface area contributed by atoms with Crippen molar-refractivity contribution in [3.05, 3.63) is 29.6 Å². The molecule has 0 aliphatic carbocycles. The molecule has 0 aliphatic rings. The lowest BCUT2D eigenvalue weighted by molar-refractivity contribution is -0.0222. The number of imidazole rings is 1. The molecule has 0 N–H and O–H groups in total. The zero-order chi connectivity index (χ0) is 15.8. The standard InChI is InChI=1S/C15H19ClF2N2O/c1-5-21-15(3,4)8-20-13-11(19-14(20)9(2)16)7-6-10(17)12(13)18/h6-7,9H,5,8H2,1-4H3. The van der Waals surface area contributed by atoms with E-state index in [-0.39, 0.29) is 5.52 Å². The third-order valence-electron chi connectivity index (χ3n) is 3.26. The van der Waals surface area contributed by atoms with Gasteiger partial charge in [-0.25, -0.2) is 13.8 Å². The molecule has 21 heavy (non-hydrogen) atoms. The number of hydrogen-bond donors (Lipinski definition) is 0. The summed E-state index contributed by atoms with van der Waals surface area (Å²) >= 11 is 6.14. The van der Waals surface area contributed by atoms with E-state index in [4.69, 9.17) is 16.3 Å². The van der Waals surface area contributed by atoms with E-state index in [1.54, 1.807) is 11.5 Å². The van der Waals surface area contributed by atoms with Crippen molar-refractivity contribution in [2.45, 2.75) is 45.2 Å². The van der Waals surface area contributed by atoms with E-state index in [2.05, 4.69) is 4.98 Å². The number of aromatic nitrogens is 2. The van der Waals surface area contributed by atoms with Crippen LogP contribution in [-0.2, 0) is 11.3 Å². The molecule has 1 atom stereocenters. The van der Waals surface area contributed by atoms with Crippen LogP contribution in [0.25, 0.3) is 11.0 Å². The van der Waals surface area contributed by atoms with E-state index in [9.17, 15) is 8.78 Å². The van der Waals surface area contributed by atoms with Crippen molar-refractivity contribution in [3.63, 3.8) is 0 Å². The third kappa shape index (κ3) is 3.19. The molecule has 2 aromatic rings. The number of rotatable bonds is 5. The smallest absolute Gasteiger partial charge is 0.184 e. The van der Waals surface area contributed by atoms with Gasteiger partial charge in [-0.1, -0.05) is 0 Å². The van der Waals surface area contributed by atoms with Crippen molar-refractivity contribution < 1.29 is 13.5 Å². The Kier molecular flexibility index (Phi) is 4.54. The second kappa shape index (κ2) is 5.89. The lowest BCUT2D eigenvalue weighted by Gasteiger charge is -2.26. The number of fused-ring (bicyclic) bond motifs is 1. The summed E-state index contributed by atoms with van der Waals surface area (Å²) < 4.78 is 35.0. The van der Waals surface area contributed by atoms with E-state index in [0.717, 1.165) is 6.07 Å². The first-order valence-electron chi connectivity index (χ1n) is 6.89. The monoisotopic (exact) mass is 316 g/mol. The fourth-order valence-corrected chi connectivity index (χ4v) is 2.62. The summed E-state index contributed by atoms with van der Waals surface area (Å²) in [5.74, 6) is -1.30. The molecule has 2 rings (SSSR count). The Labute approximate surface area is 127 Å². The fourth-order valence-electron chi connectivity index (χ4n) is 2.46. The number of alkyl halides is 1. The van der Waals surface area contributed by atoms with Gasteiger partial charge in [0.1, 0.15) is 11.3 Å². The molecule has 0 bridgehead atoms. The summed E-state index contributed by atoms with van der Waals surface area (Å²) in [6.07, 6.45) is 0. The molecule has 0 saturated heterocycles. The SMILES string of the molecule is CCOC(C)(C)Cn1c(C(C)Cl)nc2ccc(F)c(F)c21. The lowest BCUT2D eigenvalue weighted by Crippen LogP contribution is -2.31. The average molecular weight is 317 g/mol. The van der Waals surface area contributed by atoms with Gasteiger partial charge >= 0.3 is 0 Å². The van der Waals surface area contributed by atoms with Gasteiger partial charge in [0.2, 0.25) is 0 Å². The topological polar surface area (TPSA) is 27.1 Å². The Morgan fingerprint density at radius 2 is 2.05 bits per heavy atom. The fraction of sp³-hybridized carbons (Fsp3) is 0.533. The first kappa shape index (κ1) is 16.2. The van der Waals surface area contributed by atoms with E-state index in [1.165, 1.54) is 6.07 Å². The molecule has 1 unspecified atom stereocenters. The molecule has 0 aliphatic heterocycles. The molecule has 6 heteroatoms. The number of hydrogen-bond acceptors (Lipinski definition) is 2. The molecule has 1 aromatic carbocycles. The molecule has 1 heterocycles. The molecular formula is C15H19ClF2N2O. The predicted molar refractivity (Wildman–Crippen MR) is 79.6 cm³/mol. The highest BCUT2D eigenvalue weighted by atomic mass is 35.5. The number of nitrogens with zero attached hydrogens (tertiary/aromatic N) is 2. The zero-order valence-corrected chi connectivity index (χ0v) is 13.3. The molecule has 0 spiro atoms. The highest BCUT2D eigenvalue weighted by molar-refractivity contribution is 6.20. The first-order chi connectivity index (χ1) is 9.76. The first-order valence-corrected chi connectivity index (χ1v) is 7.32. The largest absolute Gasteiger partial charge is 0.374 e. The maximum Gasteiger partial charge on any atom is 0.184 e. The van der Waals surface area contributed by atoms with Gasteiger partial charge in [-0.2, -0.15) is 0 Å². The van der Waals surface area contributed by atoms with Crippen molar-refractivity contribution in [2.24, 2.45) is 0 Å². The van der Waals surface area contributed by atoms with Gasteiger partial charge < -0.3 is 9.30 Å². The molecule has 1 aromatic heterocycles. The average Bonchev–Trinajstić information content (AvgIpc) is 2.72. The lowest BCUT2D eigenvalue weighted by atomic mass is 10.1. The maximum atomic E-state index is 14.2. The zero-order valence-electron chi connectivity index (χ0n) is 12.6. The van der Waals surface area contributed by atoms with Gasteiger partial charge in [0.15, 0.2) is 11.6 Å². The molecule has 0 radical (unpaired) electrons. The second-order valence-corrected chi connectivity index (χ2v) is 6.25. The highest BCUT2D eigenvalue weighted by Gasteiger charge is 2.26. The highest BCUT2D eigenvalue weighted by Crippen LogP contribution is 2.29. The van der Waals surface area contributed by atoms with Crippen molar-refractivity contribution in [3.8, 4) is 0 Å². The van der Waals surface area contributed by atoms with Crippen LogP contribution in [0.4, 0.5) is 8.78 Å². The summed E-state index contributed by atoms with van der Waals surface area (Å²) in [5, 5.41) is -0.419. The van der Waals surface area contributed by atoms with Crippen LogP contribution in [0.5, 0.6) is 0 Å². The van der Waals surface area contributed by atoms with Gasteiger partial charge in [0.05, 0.1) is 23.0 Å². The minimum atomic E-state index is -0.907. The number of halogens is 3. The minimum Gasteiger partial charge on any atom is -0.374 e. The Balaban J connectivity index is 2.63. The number of ether oxygens (including phenoxy) is 1. The van der Waals surface area contributed by atoms with E-state index >= 15 is 0 Å². The van der Waals surface area contributed by atoms with Gasteiger partial charge in [-0.3, -0.25) is 0 Å². The van der Waals surface area contributed by atoms with Crippen LogP contribution in [0, 0.1) is 11.6 Å². The molecule has 0 saturated carbocycles. The van der Waals surface area contributed by atoms with Gasteiger partial charge in [-0.15, -0.1) is 11.6 Å². The van der Waals surface area contributed by atoms with Gasteiger partial charge in [0, 0.05) is 6.61 Å². The summed E-state index contributed by atoms with van der Waals surface area (Å²) in [7, 11) is 0. The van der Waals surface area contributed by atoms with Crippen LogP contribution >= 0.6 is 11.6 Å². The van der Waals surface area contributed by atoms with Crippen molar-refractivity contribution in [1.82, 2.24) is 9.55 Å². The molecule has 0 fully saturated rings. The van der Waals surface area contributed by atoms with Crippen molar-refractivity contribution in [1.29, 1.82) is 0 Å². The van der Waals surface area contributed by atoms with Gasteiger partial charge in [0.25, 0.3) is 0 Å². The van der Waals surface area contributed by atoms with Gasteiger partial charge in [-0.05, 0) is 39.8 Å². The third-order valence-corrected chi connectivity index (χ3v) is 3.45. The summed E-state index contributed by atoms with van der Waals surface area (Å²) in [5.41, 5.74) is -0.0178. The summed E-state index contributed by atoms with van der Waals surface area (Å²) in [4.78, 5) is 4.33. The Bertz CT molecular complexity index is 653. The summed E-state index contributed by atoms with van der Waals surface area (Å²) in [6.45, 7) is 8.29. The molecule has 116 valence electrons. The Hall–Kier alpha value is -1.20.